The zero-order valence-corrected chi connectivity index (χ0v) is 21.7. The summed E-state index contributed by atoms with van der Waals surface area (Å²) in [4.78, 5) is 14.8. The molecule has 0 aliphatic heterocycles. The first-order chi connectivity index (χ1) is 17.2. The lowest BCUT2D eigenvalue weighted by atomic mass is 10.2. The van der Waals surface area contributed by atoms with Gasteiger partial charge < -0.3 is 23.8 Å². The van der Waals surface area contributed by atoms with E-state index in [4.69, 9.17) is 18.9 Å². The Balaban J connectivity index is 1.93. The van der Waals surface area contributed by atoms with Crippen molar-refractivity contribution in [3.63, 3.8) is 0 Å². The third-order valence-electron chi connectivity index (χ3n) is 5.57. The summed E-state index contributed by atoms with van der Waals surface area (Å²) >= 11 is 0. The van der Waals surface area contributed by atoms with Crippen molar-refractivity contribution in [2.45, 2.75) is 11.4 Å². The quantitative estimate of drug-likeness (QED) is 0.386. The number of para-hydroxylation sites is 2. The van der Waals surface area contributed by atoms with E-state index in [1.807, 2.05) is 6.07 Å². The minimum Gasteiger partial charge on any atom is -0.497 e. The van der Waals surface area contributed by atoms with Gasteiger partial charge in [0.25, 0.3) is 10.0 Å². The van der Waals surface area contributed by atoms with E-state index in [0.717, 1.165) is 9.87 Å². The molecule has 3 rings (SSSR count). The molecule has 10 heteroatoms. The first kappa shape index (κ1) is 26.7. The van der Waals surface area contributed by atoms with Crippen LogP contribution in [0, 0.1) is 0 Å². The number of ether oxygens (including phenoxy) is 4. The predicted molar refractivity (Wildman–Crippen MR) is 137 cm³/mol. The predicted octanol–water partition coefficient (Wildman–Crippen LogP) is 3.57. The lowest BCUT2D eigenvalue weighted by Crippen LogP contribution is -2.41. The lowest BCUT2D eigenvalue weighted by Gasteiger charge is -2.28. The van der Waals surface area contributed by atoms with Gasteiger partial charge in [0.2, 0.25) is 5.91 Å². The maximum Gasteiger partial charge on any atom is 0.264 e. The monoisotopic (exact) mass is 514 g/mol. The maximum atomic E-state index is 13.7. The highest BCUT2D eigenvalue weighted by Gasteiger charge is 2.30. The molecule has 9 nitrogen and oxygen atoms in total. The minimum atomic E-state index is -4.12. The molecule has 3 aromatic rings. The van der Waals surface area contributed by atoms with E-state index >= 15 is 0 Å². The van der Waals surface area contributed by atoms with Crippen molar-refractivity contribution in [3.05, 3.63) is 72.3 Å². The van der Waals surface area contributed by atoms with E-state index in [9.17, 15) is 13.2 Å². The summed E-state index contributed by atoms with van der Waals surface area (Å²) < 4.78 is 49.6. The Hall–Kier alpha value is -3.92. The Morgan fingerprint density at radius 3 is 2.03 bits per heavy atom. The largest absolute Gasteiger partial charge is 0.497 e. The minimum absolute atomic E-state index is 0.0181. The van der Waals surface area contributed by atoms with Gasteiger partial charge >= 0.3 is 0 Å². The van der Waals surface area contributed by atoms with Crippen molar-refractivity contribution in [2.24, 2.45) is 0 Å². The Morgan fingerprint density at radius 2 is 1.42 bits per heavy atom. The van der Waals surface area contributed by atoms with Gasteiger partial charge in [-0.1, -0.05) is 18.2 Å². The van der Waals surface area contributed by atoms with Crippen molar-refractivity contribution in [2.75, 3.05) is 46.3 Å². The number of benzene rings is 3. The van der Waals surface area contributed by atoms with Crippen LogP contribution >= 0.6 is 0 Å². The summed E-state index contributed by atoms with van der Waals surface area (Å²) in [5.74, 6) is 1.54. The van der Waals surface area contributed by atoms with E-state index in [-0.39, 0.29) is 17.1 Å². The van der Waals surface area contributed by atoms with Crippen LogP contribution in [0.2, 0.25) is 0 Å². The number of methoxy groups -OCH3 is 4. The summed E-state index contributed by atoms with van der Waals surface area (Å²) in [5.41, 5.74) is 1.05. The first-order valence-corrected chi connectivity index (χ1v) is 12.4. The van der Waals surface area contributed by atoms with Crippen molar-refractivity contribution in [3.8, 4) is 23.0 Å². The Labute approximate surface area is 211 Å². The molecular weight excluding hydrogens is 484 g/mol. The molecule has 3 aromatic carbocycles. The number of carbonyl (C=O) groups excluding carboxylic acids is 1. The molecule has 0 aliphatic carbocycles. The molecule has 0 radical (unpaired) electrons. The molecule has 0 saturated heterocycles. The Kier molecular flexibility index (Phi) is 8.65. The van der Waals surface area contributed by atoms with E-state index in [2.05, 4.69) is 0 Å². The number of hydrogen-bond acceptors (Lipinski definition) is 7. The number of nitrogens with zero attached hydrogens (tertiary/aromatic N) is 2. The highest BCUT2D eigenvalue weighted by atomic mass is 32.2. The third-order valence-corrected chi connectivity index (χ3v) is 7.35. The molecule has 192 valence electrons. The van der Waals surface area contributed by atoms with Crippen molar-refractivity contribution >= 4 is 21.6 Å². The van der Waals surface area contributed by atoms with Gasteiger partial charge in [-0.05, 0) is 54.1 Å². The van der Waals surface area contributed by atoms with Gasteiger partial charge in [0.05, 0.1) is 39.0 Å². The number of rotatable bonds is 11. The summed E-state index contributed by atoms with van der Waals surface area (Å²) in [5, 5.41) is 0. The van der Waals surface area contributed by atoms with Gasteiger partial charge in [-0.25, -0.2) is 8.42 Å². The van der Waals surface area contributed by atoms with Crippen LogP contribution < -0.4 is 23.3 Å². The Bertz CT molecular complexity index is 1290. The zero-order chi connectivity index (χ0) is 26.3. The van der Waals surface area contributed by atoms with Crippen LogP contribution in [0.25, 0.3) is 0 Å². The molecule has 0 unspecified atom stereocenters. The average Bonchev–Trinajstić information content (AvgIpc) is 2.91. The smallest absolute Gasteiger partial charge is 0.264 e. The lowest BCUT2D eigenvalue weighted by molar-refractivity contribution is -0.128. The molecule has 36 heavy (non-hydrogen) atoms. The van der Waals surface area contributed by atoms with Gasteiger partial charge in [0.1, 0.15) is 18.0 Å². The normalized spacial score (nSPS) is 10.9. The molecule has 0 heterocycles. The Morgan fingerprint density at radius 1 is 0.778 bits per heavy atom. The molecule has 0 fully saturated rings. The molecular formula is C26H30N2O7S. The van der Waals surface area contributed by atoms with Crippen molar-refractivity contribution in [1.29, 1.82) is 0 Å². The SMILES string of the molecule is COc1ccc(S(=O)(=O)N(CC(=O)N(C)Cc2ccc(OC)c(OC)c2)c2ccccc2OC)cc1. The topological polar surface area (TPSA) is 94.6 Å². The first-order valence-electron chi connectivity index (χ1n) is 11.0. The van der Waals surface area contributed by atoms with Crippen LogP contribution in [-0.4, -0.2) is 61.3 Å². The second-order valence-corrected chi connectivity index (χ2v) is 9.66. The van der Waals surface area contributed by atoms with Crippen LogP contribution in [0.3, 0.4) is 0 Å². The van der Waals surface area contributed by atoms with Gasteiger partial charge in [0.15, 0.2) is 11.5 Å². The van der Waals surface area contributed by atoms with Crippen molar-refractivity contribution < 1.29 is 32.2 Å². The van der Waals surface area contributed by atoms with Gasteiger partial charge in [-0.3, -0.25) is 9.10 Å². The maximum absolute atomic E-state index is 13.7. The van der Waals surface area contributed by atoms with Crippen LogP contribution in [0.4, 0.5) is 5.69 Å². The highest BCUT2D eigenvalue weighted by Crippen LogP contribution is 2.33. The van der Waals surface area contributed by atoms with Crippen LogP contribution in [0.15, 0.2) is 71.6 Å². The standard InChI is InChI=1S/C26H30N2O7S/c1-27(17-19-10-15-24(34-4)25(16-19)35-5)26(29)18-28(22-8-6-7-9-23(22)33-3)36(30,31)21-13-11-20(32-2)12-14-21/h6-16H,17-18H2,1-5H3. The summed E-state index contributed by atoms with van der Waals surface area (Å²) in [6.07, 6.45) is 0. The van der Waals surface area contributed by atoms with Gasteiger partial charge in [-0.2, -0.15) is 0 Å². The van der Waals surface area contributed by atoms with E-state index in [1.54, 1.807) is 62.7 Å². The second-order valence-electron chi connectivity index (χ2n) is 7.80. The van der Waals surface area contributed by atoms with Crippen LogP contribution in [0.1, 0.15) is 5.56 Å². The number of amides is 1. The molecule has 0 atom stereocenters. The fourth-order valence-corrected chi connectivity index (χ4v) is 5.02. The zero-order valence-electron chi connectivity index (χ0n) is 20.9. The molecule has 0 bridgehead atoms. The molecule has 0 saturated carbocycles. The number of hydrogen-bond donors (Lipinski definition) is 0. The number of anilines is 1. The van der Waals surface area contributed by atoms with Gasteiger partial charge in [0, 0.05) is 13.6 Å². The van der Waals surface area contributed by atoms with Crippen molar-refractivity contribution in [1.82, 2.24) is 4.90 Å². The summed E-state index contributed by atoms with van der Waals surface area (Å²) in [6.45, 7) is -0.194. The van der Waals surface area contributed by atoms with Crippen LogP contribution in [0.5, 0.6) is 23.0 Å². The molecule has 0 spiro atoms. The average molecular weight is 515 g/mol. The van der Waals surface area contributed by atoms with Gasteiger partial charge in [-0.15, -0.1) is 0 Å². The number of carbonyl (C=O) groups is 1. The third kappa shape index (κ3) is 5.83. The second kappa shape index (κ2) is 11.7. The molecule has 0 aromatic heterocycles. The van der Waals surface area contributed by atoms with E-state index < -0.39 is 22.5 Å². The van der Waals surface area contributed by atoms with Crippen LogP contribution in [-0.2, 0) is 21.4 Å². The number of likely N-dealkylation sites (N-methyl/N-ethyl adjacent to an activating group) is 1. The summed E-state index contributed by atoms with van der Waals surface area (Å²) in [6, 6.07) is 18.0. The fraction of sp³-hybridized carbons (Fsp3) is 0.269. The molecule has 1 amide bonds. The fourth-order valence-electron chi connectivity index (χ4n) is 3.59. The summed E-state index contributed by atoms with van der Waals surface area (Å²) in [7, 11) is 3.51. The molecule has 0 aliphatic rings. The van der Waals surface area contributed by atoms with E-state index in [0.29, 0.717) is 23.0 Å². The number of sulfonamides is 1. The van der Waals surface area contributed by atoms with E-state index in [1.165, 1.54) is 38.4 Å². The highest BCUT2D eigenvalue weighted by molar-refractivity contribution is 7.92. The molecule has 0 N–H and O–H groups in total.